The quantitative estimate of drug-likeness (QED) is 0.757. The molecule has 3 aromatic rings. The van der Waals surface area contributed by atoms with E-state index in [9.17, 15) is 4.79 Å². The van der Waals surface area contributed by atoms with Crippen molar-refractivity contribution < 1.29 is 9.53 Å². The number of hydrogen-bond acceptors (Lipinski definition) is 4. The number of anilines is 1. The van der Waals surface area contributed by atoms with Gasteiger partial charge in [0.25, 0.3) is 0 Å². The molecule has 0 saturated carbocycles. The third-order valence-corrected chi connectivity index (χ3v) is 3.41. The molecule has 0 radical (unpaired) electrons. The van der Waals surface area contributed by atoms with E-state index in [-0.39, 0.29) is 12.0 Å². The molecule has 0 spiro atoms. The Bertz CT molecular complexity index is 771. The van der Waals surface area contributed by atoms with Crippen molar-refractivity contribution in [3.05, 3.63) is 73.1 Å². The highest BCUT2D eigenvalue weighted by atomic mass is 16.5. The van der Waals surface area contributed by atoms with Crippen molar-refractivity contribution in [2.24, 2.45) is 0 Å². The van der Waals surface area contributed by atoms with Gasteiger partial charge >= 0.3 is 0 Å². The molecule has 0 bridgehead atoms. The summed E-state index contributed by atoms with van der Waals surface area (Å²) in [6, 6.07) is 13.0. The number of rotatable bonds is 6. The lowest BCUT2D eigenvalue weighted by atomic mass is 10.2. The van der Waals surface area contributed by atoms with Crippen LogP contribution in [0.3, 0.4) is 0 Å². The highest BCUT2D eigenvalue weighted by molar-refractivity contribution is 5.88. The summed E-state index contributed by atoms with van der Waals surface area (Å²) < 4.78 is 8.06. The monoisotopic (exact) mass is 322 g/mol. The molecular formula is C18H18N4O2. The van der Waals surface area contributed by atoms with E-state index in [0.717, 1.165) is 11.4 Å². The minimum atomic E-state index is -0.244. The van der Waals surface area contributed by atoms with Crippen molar-refractivity contribution in [3.8, 4) is 5.75 Å². The maximum absolute atomic E-state index is 11.1. The fourth-order valence-corrected chi connectivity index (χ4v) is 2.33. The van der Waals surface area contributed by atoms with E-state index < -0.39 is 0 Å². The molecule has 2 aromatic heterocycles. The number of ether oxygens (including phenoxy) is 1. The number of aromatic nitrogens is 3. The Morgan fingerprint density at radius 1 is 1.21 bits per heavy atom. The maximum Gasteiger partial charge on any atom is 0.221 e. The normalized spacial score (nSPS) is 11.7. The smallest absolute Gasteiger partial charge is 0.221 e. The first-order chi connectivity index (χ1) is 11.7. The van der Waals surface area contributed by atoms with E-state index in [4.69, 9.17) is 4.74 Å². The molecule has 24 heavy (non-hydrogen) atoms. The molecule has 122 valence electrons. The predicted molar refractivity (Wildman–Crippen MR) is 90.6 cm³/mol. The molecule has 1 aromatic carbocycles. The molecule has 1 N–H and O–H groups in total. The topological polar surface area (TPSA) is 69.0 Å². The zero-order chi connectivity index (χ0) is 16.8. The molecule has 0 aliphatic carbocycles. The van der Waals surface area contributed by atoms with E-state index in [0.29, 0.717) is 12.3 Å². The van der Waals surface area contributed by atoms with Crippen LogP contribution in [0, 0.1) is 0 Å². The second-order valence-corrected chi connectivity index (χ2v) is 5.33. The van der Waals surface area contributed by atoms with Gasteiger partial charge in [0, 0.05) is 31.2 Å². The minimum Gasteiger partial charge on any atom is -0.482 e. The summed E-state index contributed by atoms with van der Waals surface area (Å²) in [5.41, 5.74) is 1.58. The number of pyridine rings is 1. The van der Waals surface area contributed by atoms with Crippen LogP contribution in [-0.2, 0) is 11.3 Å². The number of amides is 1. The van der Waals surface area contributed by atoms with Gasteiger partial charge in [0.15, 0.2) is 6.10 Å². The van der Waals surface area contributed by atoms with Gasteiger partial charge in [-0.25, -0.2) is 4.98 Å². The summed E-state index contributed by atoms with van der Waals surface area (Å²) >= 11 is 0. The number of imidazole rings is 1. The lowest BCUT2D eigenvalue weighted by Crippen LogP contribution is -2.16. The molecular weight excluding hydrogens is 304 g/mol. The first kappa shape index (κ1) is 15.7. The predicted octanol–water partition coefficient (Wildman–Crippen LogP) is 3.06. The van der Waals surface area contributed by atoms with Crippen molar-refractivity contribution in [1.29, 1.82) is 0 Å². The van der Waals surface area contributed by atoms with Crippen molar-refractivity contribution in [1.82, 2.24) is 14.5 Å². The SMILES string of the molecule is CC(=O)Nc1ccc(OC(Cn2ccnc2)c2ccccn2)cc1. The van der Waals surface area contributed by atoms with E-state index in [2.05, 4.69) is 15.3 Å². The van der Waals surface area contributed by atoms with Crippen LogP contribution in [0.1, 0.15) is 18.7 Å². The molecule has 1 amide bonds. The number of nitrogens with zero attached hydrogens (tertiary/aromatic N) is 3. The van der Waals surface area contributed by atoms with Crippen LogP contribution in [0.25, 0.3) is 0 Å². The largest absolute Gasteiger partial charge is 0.482 e. The third kappa shape index (κ3) is 4.19. The van der Waals surface area contributed by atoms with Crippen LogP contribution in [0.15, 0.2) is 67.4 Å². The maximum atomic E-state index is 11.1. The second kappa shape index (κ2) is 7.41. The average Bonchev–Trinajstić information content (AvgIpc) is 3.09. The van der Waals surface area contributed by atoms with Gasteiger partial charge in [0.1, 0.15) is 5.75 Å². The fourth-order valence-electron chi connectivity index (χ4n) is 2.33. The van der Waals surface area contributed by atoms with E-state index >= 15 is 0 Å². The highest BCUT2D eigenvalue weighted by Crippen LogP contribution is 2.24. The summed E-state index contributed by atoms with van der Waals surface area (Å²) in [6.07, 6.45) is 6.88. The average molecular weight is 322 g/mol. The first-order valence-electron chi connectivity index (χ1n) is 7.62. The molecule has 1 unspecified atom stereocenters. The van der Waals surface area contributed by atoms with Crippen molar-refractivity contribution in [3.63, 3.8) is 0 Å². The molecule has 0 aliphatic heterocycles. The van der Waals surface area contributed by atoms with Crippen molar-refractivity contribution in [2.45, 2.75) is 19.6 Å². The van der Waals surface area contributed by atoms with Crippen LogP contribution in [0.4, 0.5) is 5.69 Å². The van der Waals surface area contributed by atoms with Gasteiger partial charge < -0.3 is 14.6 Å². The second-order valence-electron chi connectivity index (χ2n) is 5.33. The molecule has 0 aliphatic rings. The molecule has 0 fully saturated rings. The van der Waals surface area contributed by atoms with Gasteiger partial charge in [-0.3, -0.25) is 9.78 Å². The fraction of sp³-hybridized carbons (Fsp3) is 0.167. The first-order valence-corrected chi connectivity index (χ1v) is 7.62. The Labute approximate surface area is 140 Å². The van der Waals surface area contributed by atoms with E-state index in [1.807, 2.05) is 53.2 Å². The Morgan fingerprint density at radius 2 is 2.04 bits per heavy atom. The van der Waals surface area contributed by atoms with Crippen LogP contribution >= 0.6 is 0 Å². The summed E-state index contributed by atoms with van der Waals surface area (Å²) in [7, 11) is 0. The van der Waals surface area contributed by atoms with Gasteiger partial charge in [-0.05, 0) is 36.4 Å². The van der Waals surface area contributed by atoms with Crippen LogP contribution in [0.2, 0.25) is 0 Å². The minimum absolute atomic E-state index is 0.102. The van der Waals surface area contributed by atoms with E-state index in [1.54, 1.807) is 18.7 Å². The van der Waals surface area contributed by atoms with Gasteiger partial charge in [0.2, 0.25) is 5.91 Å². The zero-order valence-electron chi connectivity index (χ0n) is 13.3. The summed E-state index contributed by atoms with van der Waals surface area (Å²) in [5, 5.41) is 2.73. The molecule has 6 heteroatoms. The number of benzene rings is 1. The number of hydrogen-bond donors (Lipinski definition) is 1. The molecule has 6 nitrogen and oxygen atoms in total. The van der Waals surface area contributed by atoms with Gasteiger partial charge in [-0.2, -0.15) is 0 Å². The molecule has 3 rings (SSSR count). The van der Waals surface area contributed by atoms with Crippen molar-refractivity contribution in [2.75, 3.05) is 5.32 Å². The Balaban J connectivity index is 1.77. The third-order valence-electron chi connectivity index (χ3n) is 3.41. The van der Waals surface area contributed by atoms with Gasteiger partial charge in [0.05, 0.1) is 18.6 Å². The Morgan fingerprint density at radius 3 is 2.67 bits per heavy atom. The summed E-state index contributed by atoms with van der Waals surface area (Å²) in [6.45, 7) is 2.08. The van der Waals surface area contributed by atoms with Crippen molar-refractivity contribution >= 4 is 11.6 Å². The molecule has 2 heterocycles. The molecule has 1 atom stereocenters. The Kier molecular flexibility index (Phi) is 4.86. The molecule has 0 saturated heterocycles. The lowest BCUT2D eigenvalue weighted by molar-refractivity contribution is -0.114. The lowest BCUT2D eigenvalue weighted by Gasteiger charge is -2.19. The highest BCUT2D eigenvalue weighted by Gasteiger charge is 2.15. The zero-order valence-corrected chi connectivity index (χ0v) is 13.3. The number of carbonyl (C=O) groups excluding carboxylic acids is 1. The number of nitrogens with one attached hydrogen (secondary N) is 1. The van der Waals surface area contributed by atoms with Crippen LogP contribution < -0.4 is 10.1 Å². The van der Waals surface area contributed by atoms with Gasteiger partial charge in [-0.1, -0.05) is 6.07 Å². The van der Waals surface area contributed by atoms with Crippen LogP contribution in [0.5, 0.6) is 5.75 Å². The summed E-state index contributed by atoms with van der Waals surface area (Å²) in [5.74, 6) is 0.606. The van der Waals surface area contributed by atoms with Crippen LogP contribution in [-0.4, -0.2) is 20.4 Å². The Hall–Kier alpha value is -3.15. The van der Waals surface area contributed by atoms with Gasteiger partial charge in [-0.15, -0.1) is 0 Å². The van der Waals surface area contributed by atoms with E-state index in [1.165, 1.54) is 6.92 Å². The number of carbonyl (C=O) groups is 1. The standard InChI is InChI=1S/C18H18N4O2/c1-14(23)21-15-5-7-16(8-6-15)24-18(12-22-11-10-19-13-22)17-4-2-3-9-20-17/h2-11,13,18H,12H2,1H3,(H,21,23). The summed E-state index contributed by atoms with van der Waals surface area (Å²) in [4.78, 5) is 19.5.